The quantitative estimate of drug-likeness (QED) is 0.605. The van der Waals surface area contributed by atoms with Gasteiger partial charge in [-0.25, -0.2) is 4.98 Å². The van der Waals surface area contributed by atoms with Crippen molar-refractivity contribution in [2.45, 2.75) is 18.4 Å². The number of nitrogens with zero attached hydrogens (tertiary/aromatic N) is 1. The highest BCUT2D eigenvalue weighted by atomic mass is 35.5. The Morgan fingerprint density at radius 2 is 1.50 bits per heavy atom. The lowest BCUT2D eigenvalue weighted by Crippen LogP contribution is -2.47. The number of nitrogens with two attached hydrogens (primary N) is 1. The average molecular weight is 394 g/mol. The molecule has 1 aromatic heterocycles. The van der Waals surface area contributed by atoms with Crippen LogP contribution in [0.1, 0.15) is 22.6 Å². The fourth-order valence-electron chi connectivity index (χ4n) is 3.03. The molecule has 0 radical (unpaired) electrons. The van der Waals surface area contributed by atoms with Crippen LogP contribution in [0.2, 0.25) is 5.15 Å². The van der Waals surface area contributed by atoms with Gasteiger partial charge in [-0.2, -0.15) is 0 Å². The summed E-state index contributed by atoms with van der Waals surface area (Å²) >= 11 is 5.80. The van der Waals surface area contributed by atoms with E-state index in [1.54, 1.807) is 18.3 Å². The van der Waals surface area contributed by atoms with Gasteiger partial charge in [-0.15, -0.1) is 0 Å². The van der Waals surface area contributed by atoms with Gasteiger partial charge in [-0.1, -0.05) is 78.3 Å². The summed E-state index contributed by atoms with van der Waals surface area (Å²) in [4.78, 5) is 29.1. The highest BCUT2D eigenvalue weighted by molar-refractivity contribution is 6.29. The Morgan fingerprint density at radius 1 is 0.929 bits per heavy atom. The van der Waals surface area contributed by atoms with E-state index in [2.05, 4.69) is 10.3 Å². The monoisotopic (exact) mass is 393 g/mol. The lowest BCUT2D eigenvalue weighted by molar-refractivity contribution is -0.127. The minimum Gasteiger partial charge on any atom is -0.368 e. The number of hydrogen-bond acceptors (Lipinski definition) is 3. The Kier molecular flexibility index (Phi) is 6.40. The molecule has 0 bridgehead atoms. The summed E-state index contributed by atoms with van der Waals surface area (Å²) in [6.45, 7) is 0. The lowest BCUT2D eigenvalue weighted by Gasteiger charge is -2.22. The van der Waals surface area contributed by atoms with E-state index >= 15 is 0 Å². The standard InChI is InChI=1S/C22H20ClN3O2/c23-19-12-11-15(14-25-19)13-18(21(24)27)26-22(28)20(16-7-3-1-4-8-16)17-9-5-2-6-10-17/h1-12,14,18,20H,13H2,(H2,24,27)(H,26,28)/t18-/m0/s1. The van der Waals surface area contributed by atoms with Crippen LogP contribution in [-0.4, -0.2) is 22.8 Å². The maximum absolute atomic E-state index is 13.1. The molecule has 0 unspecified atom stereocenters. The van der Waals surface area contributed by atoms with Crippen molar-refractivity contribution < 1.29 is 9.59 Å². The van der Waals surface area contributed by atoms with E-state index in [1.807, 2.05) is 60.7 Å². The molecule has 142 valence electrons. The van der Waals surface area contributed by atoms with Crippen LogP contribution in [0.3, 0.4) is 0 Å². The smallest absolute Gasteiger partial charge is 0.240 e. The van der Waals surface area contributed by atoms with E-state index < -0.39 is 17.9 Å². The molecule has 3 aromatic rings. The Balaban J connectivity index is 1.85. The van der Waals surface area contributed by atoms with Crippen LogP contribution < -0.4 is 11.1 Å². The van der Waals surface area contributed by atoms with Crippen molar-refractivity contribution in [3.63, 3.8) is 0 Å². The number of hydrogen-bond donors (Lipinski definition) is 2. The Morgan fingerprint density at radius 3 is 1.96 bits per heavy atom. The van der Waals surface area contributed by atoms with Gasteiger partial charge in [0.1, 0.15) is 11.2 Å². The van der Waals surface area contributed by atoms with Crippen LogP contribution in [-0.2, 0) is 16.0 Å². The highest BCUT2D eigenvalue weighted by Crippen LogP contribution is 2.25. The third kappa shape index (κ3) is 4.96. The van der Waals surface area contributed by atoms with Gasteiger partial charge < -0.3 is 11.1 Å². The highest BCUT2D eigenvalue weighted by Gasteiger charge is 2.27. The minimum atomic E-state index is -0.856. The summed E-state index contributed by atoms with van der Waals surface area (Å²) < 4.78 is 0. The number of aromatic nitrogens is 1. The van der Waals surface area contributed by atoms with Gasteiger partial charge in [-0.05, 0) is 22.8 Å². The van der Waals surface area contributed by atoms with Gasteiger partial charge >= 0.3 is 0 Å². The number of nitrogens with one attached hydrogen (secondary N) is 1. The summed E-state index contributed by atoms with van der Waals surface area (Å²) in [5, 5.41) is 3.16. The maximum Gasteiger partial charge on any atom is 0.240 e. The molecule has 0 fully saturated rings. The zero-order valence-electron chi connectivity index (χ0n) is 15.1. The van der Waals surface area contributed by atoms with Crippen molar-refractivity contribution in [1.82, 2.24) is 10.3 Å². The summed E-state index contributed by atoms with van der Waals surface area (Å²) in [6, 6.07) is 21.4. The van der Waals surface area contributed by atoms with E-state index in [9.17, 15) is 9.59 Å². The van der Waals surface area contributed by atoms with Crippen molar-refractivity contribution in [3.8, 4) is 0 Å². The van der Waals surface area contributed by atoms with Gasteiger partial charge in [0, 0.05) is 12.6 Å². The first-order chi connectivity index (χ1) is 13.5. The number of primary amides is 1. The van der Waals surface area contributed by atoms with Gasteiger partial charge in [-0.3, -0.25) is 9.59 Å². The lowest BCUT2D eigenvalue weighted by atomic mass is 9.90. The molecule has 1 atom stereocenters. The first kappa shape index (κ1) is 19.6. The fraction of sp³-hybridized carbons (Fsp3) is 0.136. The molecule has 0 aliphatic heterocycles. The number of benzene rings is 2. The molecule has 1 heterocycles. The summed E-state index contributed by atoms with van der Waals surface area (Å²) in [5.41, 5.74) is 7.97. The van der Waals surface area contributed by atoms with Crippen LogP contribution in [0.5, 0.6) is 0 Å². The van der Waals surface area contributed by atoms with Crippen LogP contribution in [0, 0.1) is 0 Å². The normalized spacial score (nSPS) is 11.8. The number of halogens is 1. The van der Waals surface area contributed by atoms with Crippen molar-refractivity contribution in [2.24, 2.45) is 5.73 Å². The summed E-state index contributed by atoms with van der Waals surface area (Å²) in [5.74, 6) is -1.45. The largest absolute Gasteiger partial charge is 0.368 e. The molecular formula is C22H20ClN3O2. The van der Waals surface area contributed by atoms with E-state index in [0.29, 0.717) is 5.15 Å². The number of pyridine rings is 1. The first-order valence-electron chi connectivity index (χ1n) is 8.84. The van der Waals surface area contributed by atoms with Crippen LogP contribution in [0.15, 0.2) is 79.0 Å². The molecule has 0 saturated heterocycles. The predicted molar refractivity (Wildman–Crippen MR) is 109 cm³/mol. The molecule has 5 nitrogen and oxygen atoms in total. The second kappa shape index (κ2) is 9.15. The van der Waals surface area contributed by atoms with E-state index in [0.717, 1.165) is 16.7 Å². The minimum absolute atomic E-state index is 0.238. The fourth-order valence-corrected chi connectivity index (χ4v) is 3.14. The Bertz CT molecular complexity index is 892. The number of rotatable bonds is 7. The maximum atomic E-state index is 13.1. The number of carbonyl (C=O) groups is 2. The molecule has 6 heteroatoms. The number of carbonyl (C=O) groups excluding carboxylic acids is 2. The van der Waals surface area contributed by atoms with Crippen LogP contribution >= 0.6 is 11.6 Å². The molecule has 28 heavy (non-hydrogen) atoms. The van der Waals surface area contributed by atoms with Crippen molar-refractivity contribution in [3.05, 3.63) is 101 Å². The third-order valence-electron chi connectivity index (χ3n) is 4.42. The van der Waals surface area contributed by atoms with E-state index in [1.165, 1.54) is 0 Å². The Labute approximate surface area is 168 Å². The average Bonchev–Trinajstić information content (AvgIpc) is 2.71. The first-order valence-corrected chi connectivity index (χ1v) is 9.22. The molecule has 0 aliphatic rings. The number of amides is 2. The van der Waals surface area contributed by atoms with Crippen LogP contribution in [0.25, 0.3) is 0 Å². The summed E-state index contributed by atoms with van der Waals surface area (Å²) in [6.07, 6.45) is 1.80. The van der Waals surface area contributed by atoms with Gasteiger partial charge in [0.15, 0.2) is 0 Å². The van der Waals surface area contributed by atoms with Gasteiger partial charge in [0.25, 0.3) is 0 Å². The Hall–Kier alpha value is -3.18. The molecule has 3 rings (SSSR count). The third-order valence-corrected chi connectivity index (χ3v) is 4.64. The molecule has 0 saturated carbocycles. The zero-order chi connectivity index (χ0) is 19.9. The molecule has 0 spiro atoms. The molecular weight excluding hydrogens is 374 g/mol. The molecule has 2 aromatic carbocycles. The topological polar surface area (TPSA) is 85.1 Å². The van der Waals surface area contributed by atoms with Crippen molar-refractivity contribution in [2.75, 3.05) is 0 Å². The molecule has 3 N–H and O–H groups in total. The summed E-state index contributed by atoms with van der Waals surface area (Å²) in [7, 11) is 0. The zero-order valence-corrected chi connectivity index (χ0v) is 15.8. The SMILES string of the molecule is NC(=O)[C@H](Cc1ccc(Cl)nc1)NC(=O)C(c1ccccc1)c1ccccc1. The van der Waals surface area contributed by atoms with Crippen molar-refractivity contribution in [1.29, 1.82) is 0 Å². The van der Waals surface area contributed by atoms with Gasteiger partial charge in [0.2, 0.25) is 11.8 Å². The van der Waals surface area contributed by atoms with Gasteiger partial charge in [0.05, 0.1) is 5.92 Å². The van der Waals surface area contributed by atoms with Crippen LogP contribution in [0.4, 0.5) is 0 Å². The second-order valence-corrected chi connectivity index (χ2v) is 6.80. The molecule has 0 aliphatic carbocycles. The van der Waals surface area contributed by atoms with E-state index in [4.69, 9.17) is 17.3 Å². The second-order valence-electron chi connectivity index (χ2n) is 6.41. The molecule has 2 amide bonds. The predicted octanol–water partition coefficient (Wildman–Crippen LogP) is 3.08. The van der Waals surface area contributed by atoms with Crippen molar-refractivity contribution >= 4 is 23.4 Å². The van der Waals surface area contributed by atoms with E-state index in [-0.39, 0.29) is 12.3 Å².